The molecule has 3 aliphatic rings. The summed E-state index contributed by atoms with van der Waals surface area (Å²) in [5, 5.41) is 8.65. The van der Waals surface area contributed by atoms with E-state index in [4.69, 9.17) is 5.10 Å². The SMILES string of the molecule is Brc1c(C2CCCC2)nn2c1NCC1CCCCC12. The van der Waals surface area contributed by atoms with Crippen LogP contribution >= 0.6 is 15.9 Å². The van der Waals surface area contributed by atoms with Gasteiger partial charge in [0.15, 0.2) is 0 Å². The summed E-state index contributed by atoms with van der Waals surface area (Å²) in [6, 6.07) is 0.649. The molecule has 0 amide bonds. The zero-order chi connectivity index (χ0) is 12.8. The summed E-state index contributed by atoms with van der Waals surface area (Å²) >= 11 is 3.82. The van der Waals surface area contributed by atoms with Gasteiger partial charge in [-0.15, -0.1) is 0 Å². The molecule has 19 heavy (non-hydrogen) atoms. The lowest BCUT2D eigenvalue weighted by Gasteiger charge is -2.37. The number of anilines is 1. The number of rotatable bonds is 1. The van der Waals surface area contributed by atoms with E-state index in [9.17, 15) is 0 Å². The number of hydrogen-bond donors (Lipinski definition) is 1. The molecular formula is C15H22BrN3. The second kappa shape index (κ2) is 4.80. The fraction of sp³-hybridized carbons (Fsp3) is 0.800. The fourth-order valence-corrected chi connectivity index (χ4v) is 4.99. The second-order valence-corrected chi connectivity index (χ2v) is 7.26. The molecule has 0 saturated heterocycles. The Labute approximate surface area is 123 Å². The maximum atomic E-state index is 5.02. The van der Waals surface area contributed by atoms with E-state index < -0.39 is 0 Å². The van der Waals surface area contributed by atoms with Crippen molar-refractivity contribution in [1.82, 2.24) is 9.78 Å². The van der Waals surface area contributed by atoms with Gasteiger partial charge in [0.1, 0.15) is 5.82 Å². The first-order valence-corrected chi connectivity index (χ1v) is 8.65. The first-order valence-electron chi connectivity index (χ1n) is 7.86. The minimum absolute atomic E-state index is 0.649. The van der Waals surface area contributed by atoms with Gasteiger partial charge in [-0.1, -0.05) is 25.7 Å². The van der Waals surface area contributed by atoms with Gasteiger partial charge in [0.05, 0.1) is 16.2 Å². The van der Waals surface area contributed by atoms with Crippen molar-refractivity contribution in [2.75, 3.05) is 11.9 Å². The number of aromatic nitrogens is 2. The average molecular weight is 324 g/mol. The summed E-state index contributed by atoms with van der Waals surface area (Å²) in [6.45, 7) is 1.14. The van der Waals surface area contributed by atoms with Crippen LogP contribution in [0, 0.1) is 5.92 Å². The molecule has 4 rings (SSSR count). The van der Waals surface area contributed by atoms with Gasteiger partial charge in [-0.25, -0.2) is 4.68 Å². The Morgan fingerprint density at radius 2 is 1.79 bits per heavy atom. The molecule has 1 aliphatic heterocycles. The summed E-state index contributed by atoms with van der Waals surface area (Å²) in [4.78, 5) is 0. The molecule has 1 N–H and O–H groups in total. The van der Waals surface area contributed by atoms with Gasteiger partial charge < -0.3 is 5.32 Å². The zero-order valence-corrected chi connectivity index (χ0v) is 13.0. The van der Waals surface area contributed by atoms with Crippen LogP contribution in [0.25, 0.3) is 0 Å². The molecule has 0 bridgehead atoms. The van der Waals surface area contributed by atoms with Crippen molar-refractivity contribution in [3.05, 3.63) is 10.2 Å². The van der Waals surface area contributed by atoms with E-state index in [-0.39, 0.29) is 0 Å². The summed E-state index contributed by atoms with van der Waals surface area (Å²) in [7, 11) is 0. The van der Waals surface area contributed by atoms with Crippen molar-refractivity contribution >= 4 is 21.7 Å². The second-order valence-electron chi connectivity index (χ2n) is 6.47. The highest BCUT2D eigenvalue weighted by molar-refractivity contribution is 9.10. The standard InChI is InChI=1S/C15H22BrN3/c16-13-14(10-5-1-2-6-10)18-19-12-8-4-3-7-11(12)9-17-15(13)19/h10-12,17H,1-9H2. The summed E-state index contributed by atoms with van der Waals surface area (Å²) in [6.07, 6.45) is 10.8. The van der Waals surface area contributed by atoms with Crippen LogP contribution < -0.4 is 5.32 Å². The van der Waals surface area contributed by atoms with Gasteiger partial charge in [0, 0.05) is 12.5 Å². The zero-order valence-electron chi connectivity index (χ0n) is 11.4. The van der Waals surface area contributed by atoms with E-state index in [1.54, 1.807) is 0 Å². The monoisotopic (exact) mass is 323 g/mol. The number of nitrogens with one attached hydrogen (secondary N) is 1. The number of halogens is 1. The quantitative estimate of drug-likeness (QED) is 0.826. The third kappa shape index (κ3) is 1.94. The first kappa shape index (κ1) is 12.2. The van der Waals surface area contributed by atoms with Gasteiger partial charge in [-0.3, -0.25) is 0 Å². The summed E-state index contributed by atoms with van der Waals surface area (Å²) in [5.41, 5.74) is 1.33. The third-order valence-electron chi connectivity index (χ3n) is 5.33. The highest BCUT2D eigenvalue weighted by atomic mass is 79.9. The van der Waals surface area contributed by atoms with Crippen LogP contribution in [0.3, 0.4) is 0 Å². The Kier molecular flexibility index (Phi) is 3.09. The Hall–Kier alpha value is -0.510. The molecule has 2 unspecified atom stereocenters. The number of hydrogen-bond acceptors (Lipinski definition) is 2. The van der Waals surface area contributed by atoms with Crippen molar-refractivity contribution in [1.29, 1.82) is 0 Å². The largest absolute Gasteiger partial charge is 0.369 e. The molecule has 1 aromatic rings. The lowest BCUT2D eigenvalue weighted by Crippen LogP contribution is -2.35. The van der Waals surface area contributed by atoms with Crippen LogP contribution in [-0.4, -0.2) is 16.3 Å². The van der Waals surface area contributed by atoms with Crippen molar-refractivity contribution in [2.45, 2.75) is 63.3 Å². The molecule has 2 heterocycles. The molecule has 0 spiro atoms. The molecule has 104 valence electrons. The predicted molar refractivity (Wildman–Crippen MR) is 80.6 cm³/mol. The molecule has 2 atom stereocenters. The smallest absolute Gasteiger partial charge is 0.139 e. The van der Waals surface area contributed by atoms with Crippen molar-refractivity contribution in [2.24, 2.45) is 5.92 Å². The van der Waals surface area contributed by atoms with Crippen LogP contribution in [0.4, 0.5) is 5.82 Å². The van der Waals surface area contributed by atoms with Gasteiger partial charge >= 0.3 is 0 Å². The van der Waals surface area contributed by atoms with Crippen LogP contribution in [0.1, 0.15) is 69.0 Å². The fourth-order valence-electron chi connectivity index (χ4n) is 4.27. The maximum absolute atomic E-state index is 5.02. The summed E-state index contributed by atoms with van der Waals surface area (Å²) < 4.78 is 3.58. The molecule has 2 fully saturated rings. The van der Waals surface area contributed by atoms with Crippen LogP contribution in [-0.2, 0) is 0 Å². The van der Waals surface area contributed by atoms with Gasteiger partial charge in [0.25, 0.3) is 0 Å². The van der Waals surface area contributed by atoms with E-state index >= 15 is 0 Å². The van der Waals surface area contributed by atoms with E-state index in [1.807, 2.05) is 0 Å². The lowest BCUT2D eigenvalue weighted by atomic mass is 9.83. The van der Waals surface area contributed by atoms with E-state index in [2.05, 4.69) is 25.9 Å². The lowest BCUT2D eigenvalue weighted by molar-refractivity contribution is 0.221. The highest BCUT2D eigenvalue weighted by Gasteiger charge is 2.35. The van der Waals surface area contributed by atoms with Gasteiger partial charge in [-0.2, -0.15) is 5.10 Å². The number of nitrogens with zero attached hydrogens (tertiary/aromatic N) is 2. The Morgan fingerprint density at radius 1 is 1.05 bits per heavy atom. The predicted octanol–water partition coefficient (Wildman–Crippen LogP) is 4.46. The van der Waals surface area contributed by atoms with Crippen LogP contribution in [0.15, 0.2) is 4.47 Å². The molecule has 1 aromatic heterocycles. The minimum Gasteiger partial charge on any atom is -0.369 e. The number of fused-ring (bicyclic) bond motifs is 3. The van der Waals surface area contributed by atoms with E-state index in [0.717, 1.165) is 12.5 Å². The average Bonchev–Trinajstić information content (AvgIpc) is 3.07. The highest BCUT2D eigenvalue weighted by Crippen LogP contribution is 2.45. The maximum Gasteiger partial charge on any atom is 0.139 e. The molecule has 2 aliphatic carbocycles. The van der Waals surface area contributed by atoms with Crippen LogP contribution in [0.5, 0.6) is 0 Å². The van der Waals surface area contributed by atoms with Crippen molar-refractivity contribution < 1.29 is 0 Å². The van der Waals surface area contributed by atoms with Gasteiger partial charge in [-0.05, 0) is 47.5 Å². The van der Waals surface area contributed by atoms with Gasteiger partial charge in [0.2, 0.25) is 0 Å². The molecule has 0 radical (unpaired) electrons. The molecular weight excluding hydrogens is 302 g/mol. The topological polar surface area (TPSA) is 29.9 Å². The van der Waals surface area contributed by atoms with Crippen molar-refractivity contribution in [3.63, 3.8) is 0 Å². The normalized spacial score (nSPS) is 30.8. The Balaban J connectivity index is 1.71. The molecule has 4 heteroatoms. The molecule has 2 saturated carbocycles. The Bertz CT molecular complexity index is 476. The molecule has 3 nitrogen and oxygen atoms in total. The minimum atomic E-state index is 0.649. The Morgan fingerprint density at radius 3 is 2.63 bits per heavy atom. The van der Waals surface area contributed by atoms with E-state index in [0.29, 0.717) is 12.0 Å². The first-order chi connectivity index (χ1) is 9.34. The third-order valence-corrected chi connectivity index (χ3v) is 6.12. The molecule has 0 aromatic carbocycles. The van der Waals surface area contributed by atoms with Crippen molar-refractivity contribution in [3.8, 4) is 0 Å². The summed E-state index contributed by atoms with van der Waals surface area (Å²) in [5.74, 6) is 2.74. The van der Waals surface area contributed by atoms with E-state index in [1.165, 1.54) is 67.4 Å². The van der Waals surface area contributed by atoms with Crippen LogP contribution in [0.2, 0.25) is 0 Å².